The third kappa shape index (κ3) is 5.88. The lowest BCUT2D eigenvalue weighted by molar-refractivity contribution is 0.0697. The lowest BCUT2D eigenvalue weighted by Gasteiger charge is -2.25. The standard InChI is InChI=1S/C28H29N5O6/c1-28(2)14-39-13-21(28)32-25(34)16-6-9-18(20(12-16)27(36)37)19-10-11-22(38-3)33-23(19)26(35)31-17-7-4-15(5-8-17)24(29)30/h4-12,21H,13-14H2,1-3H3,(H3,29,30)(H,31,35)(H,32,34)(H,36,37)/t21-/m1/s1. The van der Waals surface area contributed by atoms with Crippen molar-refractivity contribution in [3.63, 3.8) is 0 Å². The van der Waals surface area contributed by atoms with Crippen molar-refractivity contribution in [1.29, 1.82) is 5.41 Å². The van der Waals surface area contributed by atoms with E-state index < -0.39 is 17.8 Å². The summed E-state index contributed by atoms with van der Waals surface area (Å²) in [5, 5.41) is 23.2. The van der Waals surface area contributed by atoms with Crippen LogP contribution in [0, 0.1) is 10.8 Å². The van der Waals surface area contributed by atoms with Gasteiger partial charge in [0.05, 0.1) is 31.9 Å². The number of carboxylic acids is 1. The fourth-order valence-electron chi connectivity index (χ4n) is 4.21. The maximum absolute atomic E-state index is 13.3. The van der Waals surface area contributed by atoms with Crippen LogP contribution in [-0.4, -0.2) is 60.1 Å². The Morgan fingerprint density at radius 1 is 1.05 bits per heavy atom. The van der Waals surface area contributed by atoms with Gasteiger partial charge in [0.15, 0.2) is 0 Å². The Labute approximate surface area is 224 Å². The molecule has 2 aromatic carbocycles. The molecule has 202 valence electrons. The number of hydrogen-bond donors (Lipinski definition) is 5. The molecule has 1 saturated heterocycles. The molecular weight excluding hydrogens is 502 g/mol. The van der Waals surface area contributed by atoms with Gasteiger partial charge in [0, 0.05) is 33.9 Å². The van der Waals surface area contributed by atoms with Gasteiger partial charge in [-0.1, -0.05) is 19.9 Å². The summed E-state index contributed by atoms with van der Waals surface area (Å²) in [6.07, 6.45) is 0. The molecule has 1 fully saturated rings. The average molecular weight is 532 g/mol. The second kappa shape index (κ2) is 10.9. The van der Waals surface area contributed by atoms with E-state index in [1.807, 2.05) is 13.8 Å². The van der Waals surface area contributed by atoms with E-state index in [1.54, 1.807) is 30.3 Å². The van der Waals surface area contributed by atoms with E-state index >= 15 is 0 Å². The Morgan fingerprint density at radius 2 is 1.72 bits per heavy atom. The fraction of sp³-hybridized carbons (Fsp3) is 0.250. The van der Waals surface area contributed by atoms with Crippen molar-refractivity contribution in [3.8, 4) is 17.0 Å². The number of amidine groups is 1. The van der Waals surface area contributed by atoms with E-state index in [1.165, 1.54) is 31.4 Å². The van der Waals surface area contributed by atoms with Crippen LogP contribution in [0.4, 0.5) is 5.69 Å². The SMILES string of the molecule is COc1ccc(-c2ccc(C(=O)N[C@@H]3COCC3(C)C)cc2C(=O)O)c(C(=O)Nc2ccc(C(=N)N)cc2)n1. The number of ether oxygens (including phenoxy) is 2. The number of amides is 2. The third-order valence-corrected chi connectivity index (χ3v) is 6.56. The average Bonchev–Trinajstić information content (AvgIpc) is 3.25. The number of pyridine rings is 1. The second-order valence-corrected chi connectivity index (χ2v) is 9.79. The molecule has 1 aliphatic heterocycles. The molecule has 0 saturated carbocycles. The summed E-state index contributed by atoms with van der Waals surface area (Å²) < 4.78 is 10.7. The first-order valence-electron chi connectivity index (χ1n) is 12.1. The highest BCUT2D eigenvalue weighted by Gasteiger charge is 2.37. The smallest absolute Gasteiger partial charge is 0.336 e. The molecule has 0 bridgehead atoms. The summed E-state index contributed by atoms with van der Waals surface area (Å²) in [6, 6.07) is 13.4. The van der Waals surface area contributed by atoms with Gasteiger partial charge in [-0.15, -0.1) is 0 Å². The number of methoxy groups -OCH3 is 1. The van der Waals surface area contributed by atoms with Crippen LogP contribution < -0.4 is 21.1 Å². The van der Waals surface area contributed by atoms with Crippen LogP contribution in [-0.2, 0) is 4.74 Å². The number of carbonyl (C=O) groups is 3. The maximum Gasteiger partial charge on any atom is 0.336 e. The van der Waals surface area contributed by atoms with Crippen LogP contribution >= 0.6 is 0 Å². The molecule has 1 atom stereocenters. The number of nitrogen functional groups attached to an aromatic ring is 1. The van der Waals surface area contributed by atoms with Gasteiger partial charge >= 0.3 is 5.97 Å². The highest BCUT2D eigenvalue weighted by Crippen LogP contribution is 2.31. The van der Waals surface area contributed by atoms with Crippen molar-refractivity contribution in [2.45, 2.75) is 19.9 Å². The van der Waals surface area contributed by atoms with Gasteiger partial charge in [0.2, 0.25) is 5.88 Å². The van der Waals surface area contributed by atoms with Gasteiger partial charge in [-0.05, 0) is 48.0 Å². The van der Waals surface area contributed by atoms with Crippen molar-refractivity contribution in [2.24, 2.45) is 11.1 Å². The summed E-state index contributed by atoms with van der Waals surface area (Å²) in [5.74, 6) is -2.26. The van der Waals surface area contributed by atoms with Crippen LogP contribution in [0.25, 0.3) is 11.1 Å². The Hall–Kier alpha value is -4.77. The minimum Gasteiger partial charge on any atom is -0.481 e. The zero-order chi connectivity index (χ0) is 28.3. The largest absolute Gasteiger partial charge is 0.481 e. The number of anilines is 1. The summed E-state index contributed by atoms with van der Waals surface area (Å²) in [4.78, 5) is 42.8. The number of hydrogen-bond acceptors (Lipinski definition) is 7. The minimum atomic E-state index is -1.27. The monoisotopic (exact) mass is 531 g/mol. The molecule has 0 radical (unpaired) electrons. The number of nitrogens with two attached hydrogens (primary N) is 1. The van der Waals surface area contributed by atoms with E-state index in [0.29, 0.717) is 24.5 Å². The third-order valence-electron chi connectivity index (χ3n) is 6.56. The first-order chi connectivity index (χ1) is 18.5. The molecule has 39 heavy (non-hydrogen) atoms. The van der Waals surface area contributed by atoms with E-state index in [2.05, 4.69) is 15.6 Å². The Bertz CT molecular complexity index is 1450. The zero-order valence-corrected chi connectivity index (χ0v) is 21.7. The number of benzene rings is 2. The molecule has 2 heterocycles. The van der Waals surface area contributed by atoms with Gasteiger partial charge in [-0.25, -0.2) is 9.78 Å². The molecule has 0 spiro atoms. The molecule has 0 unspecified atom stereocenters. The predicted molar refractivity (Wildman–Crippen MR) is 144 cm³/mol. The Morgan fingerprint density at radius 3 is 2.31 bits per heavy atom. The molecule has 11 nitrogen and oxygen atoms in total. The zero-order valence-electron chi connectivity index (χ0n) is 21.7. The highest BCUT2D eigenvalue weighted by atomic mass is 16.5. The van der Waals surface area contributed by atoms with Crippen LogP contribution in [0.5, 0.6) is 5.88 Å². The second-order valence-electron chi connectivity index (χ2n) is 9.79. The van der Waals surface area contributed by atoms with Gasteiger partial charge < -0.3 is 30.9 Å². The van der Waals surface area contributed by atoms with Gasteiger partial charge in [-0.3, -0.25) is 15.0 Å². The van der Waals surface area contributed by atoms with Crippen molar-refractivity contribution in [1.82, 2.24) is 10.3 Å². The lowest BCUT2D eigenvalue weighted by atomic mass is 9.87. The summed E-state index contributed by atoms with van der Waals surface area (Å²) >= 11 is 0. The topological polar surface area (TPSA) is 177 Å². The van der Waals surface area contributed by atoms with E-state index in [9.17, 15) is 19.5 Å². The lowest BCUT2D eigenvalue weighted by Crippen LogP contribution is -2.44. The first-order valence-corrected chi connectivity index (χ1v) is 12.1. The number of carboxylic acid groups (broad SMARTS) is 1. The normalized spacial score (nSPS) is 15.8. The van der Waals surface area contributed by atoms with E-state index in [-0.39, 0.29) is 51.1 Å². The van der Waals surface area contributed by atoms with Crippen LogP contribution in [0.15, 0.2) is 54.6 Å². The van der Waals surface area contributed by atoms with Crippen LogP contribution in [0.1, 0.15) is 50.6 Å². The van der Waals surface area contributed by atoms with Gasteiger partial charge in [-0.2, -0.15) is 0 Å². The summed E-state index contributed by atoms with van der Waals surface area (Å²) in [6.45, 7) is 4.85. The maximum atomic E-state index is 13.3. The number of nitrogens with zero attached hydrogens (tertiary/aromatic N) is 1. The quantitative estimate of drug-likeness (QED) is 0.217. The number of nitrogens with one attached hydrogen (secondary N) is 3. The summed E-state index contributed by atoms with van der Waals surface area (Å²) in [7, 11) is 1.40. The van der Waals surface area contributed by atoms with Crippen LogP contribution in [0.2, 0.25) is 0 Å². The van der Waals surface area contributed by atoms with Crippen molar-refractivity contribution in [3.05, 3.63) is 77.0 Å². The molecule has 1 aliphatic rings. The molecule has 3 aromatic rings. The molecule has 6 N–H and O–H groups in total. The predicted octanol–water partition coefficient (Wildman–Crippen LogP) is 3.15. The number of carbonyl (C=O) groups excluding carboxylic acids is 2. The van der Waals surface area contributed by atoms with Crippen molar-refractivity contribution < 1.29 is 29.0 Å². The molecule has 2 amide bonds. The number of aromatic nitrogens is 1. The fourth-order valence-corrected chi connectivity index (χ4v) is 4.21. The van der Waals surface area contributed by atoms with E-state index in [0.717, 1.165) is 0 Å². The molecule has 0 aliphatic carbocycles. The van der Waals surface area contributed by atoms with Crippen molar-refractivity contribution in [2.75, 3.05) is 25.6 Å². The first kappa shape index (κ1) is 27.3. The molecule has 1 aromatic heterocycles. The number of aromatic carboxylic acids is 1. The van der Waals surface area contributed by atoms with E-state index in [4.69, 9.17) is 20.6 Å². The summed E-state index contributed by atoms with van der Waals surface area (Å²) in [5.41, 5.74) is 6.51. The van der Waals surface area contributed by atoms with Crippen molar-refractivity contribution >= 4 is 29.3 Å². The van der Waals surface area contributed by atoms with Gasteiger partial charge in [0.25, 0.3) is 11.8 Å². The van der Waals surface area contributed by atoms with Crippen LogP contribution in [0.3, 0.4) is 0 Å². The minimum absolute atomic E-state index is 0.0745. The molecule has 11 heteroatoms. The number of rotatable bonds is 8. The van der Waals surface area contributed by atoms with Gasteiger partial charge in [0.1, 0.15) is 11.5 Å². The molecule has 4 rings (SSSR count). The Balaban J connectivity index is 1.68. The molecular formula is C28H29N5O6. The Kier molecular flexibility index (Phi) is 7.63. The highest BCUT2D eigenvalue weighted by molar-refractivity contribution is 6.10.